The average molecular weight is 275 g/mol. The minimum Gasteiger partial charge on any atom is -0.490 e. The summed E-state index contributed by atoms with van der Waals surface area (Å²) in [6.45, 7) is 0.328. The Morgan fingerprint density at radius 2 is 2.00 bits per heavy atom. The van der Waals surface area contributed by atoms with Gasteiger partial charge in [0.15, 0.2) is 0 Å². The number of anilines is 1. The third kappa shape index (κ3) is 2.13. The number of fused-ring (bicyclic) bond motifs is 1. The number of hydrogen-bond acceptors (Lipinski definition) is 3. The van der Waals surface area contributed by atoms with Crippen LogP contribution in [0.4, 0.5) is 5.69 Å². The molecule has 2 aliphatic rings. The summed E-state index contributed by atoms with van der Waals surface area (Å²) in [5, 5.41) is 11.9. The highest BCUT2D eigenvalue weighted by atomic mass is 16.5. The maximum Gasteiger partial charge on any atom is 0.335 e. The lowest BCUT2D eigenvalue weighted by Gasteiger charge is -2.33. The zero-order valence-electron chi connectivity index (χ0n) is 11.1. The van der Waals surface area contributed by atoms with E-state index in [2.05, 4.69) is 5.32 Å². The van der Waals surface area contributed by atoms with Crippen molar-refractivity contribution in [1.29, 1.82) is 0 Å². The summed E-state index contributed by atoms with van der Waals surface area (Å²) in [7, 11) is 0. The molecule has 1 amide bonds. The Hall–Kier alpha value is -2.04. The summed E-state index contributed by atoms with van der Waals surface area (Å²) < 4.78 is 5.76. The molecule has 1 aromatic carbocycles. The summed E-state index contributed by atoms with van der Waals surface area (Å²) in [6, 6.07) is 4.54. The van der Waals surface area contributed by atoms with Crippen LogP contribution in [0.3, 0.4) is 0 Å². The van der Waals surface area contributed by atoms with Crippen LogP contribution < -0.4 is 10.1 Å². The first-order valence-corrected chi connectivity index (χ1v) is 6.92. The highest BCUT2D eigenvalue weighted by Gasteiger charge is 2.42. The van der Waals surface area contributed by atoms with Crippen LogP contribution >= 0.6 is 0 Å². The van der Waals surface area contributed by atoms with Crippen molar-refractivity contribution in [2.75, 3.05) is 11.9 Å². The van der Waals surface area contributed by atoms with E-state index in [1.807, 2.05) is 0 Å². The van der Waals surface area contributed by atoms with Crippen molar-refractivity contribution in [2.24, 2.45) is 5.41 Å². The summed E-state index contributed by atoms with van der Waals surface area (Å²) in [4.78, 5) is 23.5. The number of ether oxygens (including phenoxy) is 1. The number of nitrogens with one attached hydrogen (secondary N) is 1. The number of carbonyl (C=O) groups excluding carboxylic acids is 1. The monoisotopic (exact) mass is 275 g/mol. The van der Waals surface area contributed by atoms with Crippen LogP contribution in [0.2, 0.25) is 0 Å². The Balaban J connectivity index is 1.92. The first kappa shape index (κ1) is 13.0. The van der Waals surface area contributed by atoms with Gasteiger partial charge in [0.2, 0.25) is 5.91 Å². The van der Waals surface area contributed by atoms with Crippen molar-refractivity contribution < 1.29 is 19.4 Å². The number of carboxylic acid groups (broad SMARTS) is 1. The van der Waals surface area contributed by atoms with Gasteiger partial charge < -0.3 is 15.2 Å². The Kier molecular flexibility index (Phi) is 3.12. The summed E-state index contributed by atoms with van der Waals surface area (Å²) in [5.41, 5.74) is 0.265. The van der Waals surface area contributed by atoms with Gasteiger partial charge in [0.1, 0.15) is 12.4 Å². The lowest BCUT2D eigenvalue weighted by molar-refractivity contribution is -0.128. The molecule has 0 radical (unpaired) electrons. The second-order valence-electron chi connectivity index (χ2n) is 5.60. The Morgan fingerprint density at radius 1 is 1.25 bits per heavy atom. The predicted molar refractivity (Wildman–Crippen MR) is 73.0 cm³/mol. The van der Waals surface area contributed by atoms with Crippen LogP contribution in [0.1, 0.15) is 42.5 Å². The number of carboxylic acids is 1. The van der Waals surface area contributed by atoms with E-state index in [0.29, 0.717) is 18.0 Å². The third-order valence-corrected chi connectivity index (χ3v) is 4.27. The molecule has 1 aliphatic heterocycles. The topological polar surface area (TPSA) is 75.6 Å². The maximum atomic E-state index is 12.5. The van der Waals surface area contributed by atoms with Crippen molar-refractivity contribution in [3.05, 3.63) is 23.8 Å². The van der Waals surface area contributed by atoms with Crippen LogP contribution in [-0.4, -0.2) is 23.6 Å². The molecular weight excluding hydrogens is 258 g/mol. The number of aromatic carboxylic acids is 1. The van der Waals surface area contributed by atoms with E-state index in [4.69, 9.17) is 9.84 Å². The van der Waals surface area contributed by atoms with E-state index in [1.54, 1.807) is 6.07 Å². The molecule has 0 atom stereocenters. The first-order chi connectivity index (χ1) is 9.61. The molecule has 1 heterocycles. The lowest BCUT2D eigenvalue weighted by atomic mass is 9.74. The van der Waals surface area contributed by atoms with Gasteiger partial charge in [0.25, 0.3) is 0 Å². The van der Waals surface area contributed by atoms with Crippen molar-refractivity contribution in [3.8, 4) is 5.75 Å². The number of amides is 1. The Morgan fingerprint density at radius 3 is 2.70 bits per heavy atom. The van der Waals surface area contributed by atoms with Gasteiger partial charge in [-0.05, 0) is 31.0 Å². The molecular formula is C15H17NO4. The Bertz CT molecular complexity index is 561. The standard InChI is InChI=1S/C15H17NO4/c17-13(18)10-4-5-11-12(8-10)20-9-15(14(19)16-11)6-2-1-3-7-15/h4-5,8H,1-3,6-7,9H2,(H,16,19)(H,17,18). The number of rotatable bonds is 1. The third-order valence-electron chi connectivity index (χ3n) is 4.27. The molecule has 1 fully saturated rings. The molecule has 106 valence electrons. The molecule has 0 unspecified atom stereocenters. The molecule has 0 bridgehead atoms. The Labute approximate surface area is 116 Å². The van der Waals surface area contributed by atoms with Gasteiger partial charge in [-0.15, -0.1) is 0 Å². The molecule has 1 aromatic rings. The van der Waals surface area contributed by atoms with Gasteiger partial charge in [0.05, 0.1) is 16.7 Å². The van der Waals surface area contributed by atoms with Crippen molar-refractivity contribution in [2.45, 2.75) is 32.1 Å². The quantitative estimate of drug-likeness (QED) is 0.826. The summed E-state index contributed by atoms with van der Waals surface area (Å²) >= 11 is 0. The van der Waals surface area contributed by atoms with Gasteiger partial charge in [-0.3, -0.25) is 4.79 Å². The summed E-state index contributed by atoms with van der Waals surface area (Å²) in [6.07, 6.45) is 4.89. The highest BCUT2D eigenvalue weighted by molar-refractivity contribution is 5.98. The van der Waals surface area contributed by atoms with Gasteiger partial charge in [-0.25, -0.2) is 4.79 Å². The van der Waals surface area contributed by atoms with E-state index < -0.39 is 11.4 Å². The zero-order valence-corrected chi connectivity index (χ0v) is 11.1. The van der Waals surface area contributed by atoms with E-state index >= 15 is 0 Å². The predicted octanol–water partition coefficient (Wildman–Crippen LogP) is 2.67. The van der Waals surface area contributed by atoms with E-state index in [-0.39, 0.29) is 11.5 Å². The minimum absolute atomic E-state index is 0.000903. The van der Waals surface area contributed by atoms with Crippen LogP contribution in [0.15, 0.2) is 18.2 Å². The number of benzene rings is 1. The van der Waals surface area contributed by atoms with E-state index in [1.165, 1.54) is 12.1 Å². The van der Waals surface area contributed by atoms with Crippen LogP contribution in [0.5, 0.6) is 5.75 Å². The maximum absolute atomic E-state index is 12.5. The van der Waals surface area contributed by atoms with E-state index in [0.717, 1.165) is 32.1 Å². The molecule has 5 heteroatoms. The van der Waals surface area contributed by atoms with Crippen molar-refractivity contribution in [1.82, 2.24) is 0 Å². The van der Waals surface area contributed by atoms with Gasteiger partial charge in [0, 0.05) is 0 Å². The van der Waals surface area contributed by atoms with E-state index in [9.17, 15) is 9.59 Å². The average Bonchev–Trinajstić information content (AvgIpc) is 2.58. The van der Waals surface area contributed by atoms with Crippen molar-refractivity contribution >= 4 is 17.6 Å². The SMILES string of the molecule is O=C(O)c1ccc2c(c1)OCC1(CCCCC1)C(=O)N2. The zero-order chi connectivity index (χ0) is 14.2. The van der Waals surface area contributed by atoms with Crippen LogP contribution in [0, 0.1) is 5.41 Å². The van der Waals surface area contributed by atoms with Gasteiger partial charge in [-0.2, -0.15) is 0 Å². The first-order valence-electron chi connectivity index (χ1n) is 6.92. The molecule has 5 nitrogen and oxygen atoms in total. The molecule has 1 spiro atoms. The highest BCUT2D eigenvalue weighted by Crippen LogP contribution is 2.41. The number of carbonyl (C=O) groups is 2. The van der Waals surface area contributed by atoms with Crippen LogP contribution in [0.25, 0.3) is 0 Å². The fourth-order valence-electron chi connectivity index (χ4n) is 3.01. The smallest absolute Gasteiger partial charge is 0.335 e. The lowest BCUT2D eigenvalue weighted by Crippen LogP contribution is -2.41. The minimum atomic E-state index is -1.00. The second kappa shape index (κ2) is 4.81. The van der Waals surface area contributed by atoms with Crippen LogP contribution in [-0.2, 0) is 4.79 Å². The second-order valence-corrected chi connectivity index (χ2v) is 5.60. The number of hydrogen-bond donors (Lipinski definition) is 2. The largest absolute Gasteiger partial charge is 0.490 e. The molecule has 20 heavy (non-hydrogen) atoms. The molecule has 2 N–H and O–H groups in total. The molecule has 1 saturated carbocycles. The van der Waals surface area contributed by atoms with Crippen molar-refractivity contribution in [3.63, 3.8) is 0 Å². The molecule has 0 aromatic heterocycles. The van der Waals surface area contributed by atoms with Gasteiger partial charge >= 0.3 is 5.97 Å². The fraction of sp³-hybridized carbons (Fsp3) is 0.467. The molecule has 3 rings (SSSR count). The normalized spacial score (nSPS) is 20.5. The van der Waals surface area contributed by atoms with Gasteiger partial charge in [-0.1, -0.05) is 19.3 Å². The molecule has 0 saturated heterocycles. The summed E-state index contributed by atoms with van der Waals surface area (Å²) in [5.74, 6) is -0.556. The fourth-order valence-corrected chi connectivity index (χ4v) is 3.01. The molecule has 1 aliphatic carbocycles.